The number of aldehydes is 1. The van der Waals surface area contributed by atoms with Gasteiger partial charge in [0, 0.05) is 13.1 Å². The molecule has 0 aliphatic carbocycles. The smallest absolute Gasteiger partial charge is 0.161 e. The van der Waals surface area contributed by atoms with Crippen LogP contribution in [0.4, 0.5) is 5.00 Å². The fourth-order valence-corrected chi connectivity index (χ4v) is 3.49. The Bertz CT molecular complexity index is 666. The summed E-state index contributed by atoms with van der Waals surface area (Å²) in [4.78, 5) is 13.9. The van der Waals surface area contributed by atoms with Crippen molar-refractivity contribution in [2.75, 3.05) is 25.7 Å². The van der Waals surface area contributed by atoms with Crippen LogP contribution in [-0.4, -0.2) is 27.1 Å². The molecule has 2 heterocycles. The van der Waals surface area contributed by atoms with Crippen molar-refractivity contribution in [3.05, 3.63) is 40.3 Å². The third-order valence-electron chi connectivity index (χ3n) is 3.76. The van der Waals surface area contributed by atoms with Crippen molar-refractivity contribution in [3.63, 3.8) is 0 Å². The first-order valence-electron chi connectivity index (χ1n) is 6.79. The molecular formula is C16H17NO3S. The van der Waals surface area contributed by atoms with Crippen molar-refractivity contribution in [1.29, 1.82) is 0 Å². The maximum Gasteiger partial charge on any atom is 0.161 e. The summed E-state index contributed by atoms with van der Waals surface area (Å²) in [7, 11) is 3.31. The summed E-state index contributed by atoms with van der Waals surface area (Å²) >= 11 is 1.53. The molecule has 0 saturated heterocycles. The molecule has 0 radical (unpaired) electrons. The average Bonchev–Trinajstić information content (AvgIpc) is 3.02. The monoisotopic (exact) mass is 303 g/mol. The Kier molecular flexibility index (Phi) is 3.84. The molecular weight excluding hydrogens is 286 g/mol. The summed E-state index contributed by atoms with van der Waals surface area (Å²) in [6.45, 7) is 1.77. The Hall–Kier alpha value is -2.01. The van der Waals surface area contributed by atoms with E-state index in [2.05, 4.69) is 17.0 Å². The topological polar surface area (TPSA) is 38.8 Å². The van der Waals surface area contributed by atoms with Gasteiger partial charge in [-0.25, -0.2) is 0 Å². The molecule has 0 atom stereocenters. The van der Waals surface area contributed by atoms with Gasteiger partial charge in [-0.05, 0) is 41.8 Å². The lowest BCUT2D eigenvalue weighted by atomic mass is 9.99. The molecule has 4 nitrogen and oxygen atoms in total. The highest BCUT2D eigenvalue weighted by Gasteiger charge is 2.20. The predicted molar refractivity (Wildman–Crippen MR) is 84.0 cm³/mol. The van der Waals surface area contributed by atoms with E-state index in [1.54, 1.807) is 14.2 Å². The Balaban J connectivity index is 1.89. The highest BCUT2D eigenvalue weighted by atomic mass is 32.1. The van der Waals surface area contributed by atoms with E-state index >= 15 is 0 Å². The number of thiophene rings is 1. The fourth-order valence-electron chi connectivity index (χ4n) is 2.65. The summed E-state index contributed by atoms with van der Waals surface area (Å²) in [6.07, 6.45) is 1.87. The molecule has 110 valence electrons. The van der Waals surface area contributed by atoms with Crippen LogP contribution in [0.3, 0.4) is 0 Å². The van der Waals surface area contributed by atoms with Crippen LogP contribution in [-0.2, 0) is 13.0 Å². The van der Waals surface area contributed by atoms with E-state index in [-0.39, 0.29) is 0 Å². The second-order valence-electron chi connectivity index (χ2n) is 4.94. The van der Waals surface area contributed by atoms with Crippen LogP contribution in [0.25, 0.3) is 0 Å². The minimum atomic E-state index is 0.762. The Morgan fingerprint density at radius 3 is 2.48 bits per heavy atom. The Labute approximate surface area is 127 Å². The molecule has 1 aromatic heterocycles. The fraction of sp³-hybridized carbons (Fsp3) is 0.312. The zero-order valence-corrected chi connectivity index (χ0v) is 12.9. The van der Waals surface area contributed by atoms with E-state index in [9.17, 15) is 4.79 Å². The van der Waals surface area contributed by atoms with E-state index < -0.39 is 0 Å². The van der Waals surface area contributed by atoms with Crippen molar-refractivity contribution in [2.24, 2.45) is 0 Å². The summed E-state index contributed by atoms with van der Waals surface area (Å²) in [5.74, 6) is 1.54. The maximum absolute atomic E-state index is 10.8. The van der Waals surface area contributed by atoms with Gasteiger partial charge in [0.2, 0.25) is 0 Å². The van der Waals surface area contributed by atoms with Gasteiger partial charge in [0.05, 0.1) is 24.1 Å². The van der Waals surface area contributed by atoms with E-state index in [1.165, 1.54) is 22.5 Å². The molecule has 5 heteroatoms. The molecule has 1 aliphatic heterocycles. The normalized spacial score (nSPS) is 13.7. The van der Waals surface area contributed by atoms with Crippen LogP contribution < -0.4 is 14.4 Å². The Morgan fingerprint density at radius 1 is 1.14 bits per heavy atom. The van der Waals surface area contributed by atoms with E-state index in [0.29, 0.717) is 0 Å². The van der Waals surface area contributed by atoms with Crippen molar-refractivity contribution in [3.8, 4) is 11.5 Å². The lowest BCUT2D eigenvalue weighted by Gasteiger charge is -2.30. The number of carbonyl (C=O) groups is 1. The number of hydrogen-bond donors (Lipinski definition) is 0. The quantitative estimate of drug-likeness (QED) is 0.813. The van der Waals surface area contributed by atoms with Crippen LogP contribution in [0.5, 0.6) is 11.5 Å². The van der Waals surface area contributed by atoms with Crippen molar-refractivity contribution >= 4 is 22.6 Å². The number of methoxy groups -OCH3 is 2. The van der Waals surface area contributed by atoms with Gasteiger partial charge in [-0.1, -0.05) is 0 Å². The summed E-state index contributed by atoms with van der Waals surface area (Å²) in [5, 5.41) is 1.14. The minimum absolute atomic E-state index is 0.762. The van der Waals surface area contributed by atoms with Gasteiger partial charge in [0.1, 0.15) is 0 Å². The van der Waals surface area contributed by atoms with Gasteiger partial charge in [-0.15, -0.1) is 11.3 Å². The minimum Gasteiger partial charge on any atom is -0.493 e. The molecule has 1 aliphatic rings. The van der Waals surface area contributed by atoms with Crippen molar-refractivity contribution in [2.45, 2.75) is 13.0 Å². The largest absolute Gasteiger partial charge is 0.493 e. The number of anilines is 1. The highest BCUT2D eigenvalue weighted by molar-refractivity contribution is 7.17. The standard InChI is InChI=1S/C16H17NO3S/c1-19-14-7-11-5-6-17(9-12(11)8-15(14)20-2)16-4-3-13(10-18)21-16/h3-4,7-8,10H,5-6,9H2,1-2H3. The number of hydrogen-bond acceptors (Lipinski definition) is 5. The van der Waals surface area contributed by atoms with Crippen molar-refractivity contribution in [1.82, 2.24) is 0 Å². The van der Waals surface area contributed by atoms with Gasteiger partial charge in [-0.3, -0.25) is 4.79 Å². The van der Waals surface area contributed by atoms with E-state index in [0.717, 1.165) is 47.2 Å². The second kappa shape index (κ2) is 5.77. The molecule has 2 aromatic rings. The number of ether oxygens (including phenoxy) is 2. The lowest BCUT2D eigenvalue weighted by molar-refractivity contribution is 0.112. The third kappa shape index (κ3) is 2.61. The number of benzene rings is 1. The molecule has 1 aromatic carbocycles. The second-order valence-corrected chi connectivity index (χ2v) is 6.04. The molecule has 0 amide bonds. The average molecular weight is 303 g/mol. The number of nitrogens with zero attached hydrogens (tertiary/aromatic N) is 1. The maximum atomic E-state index is 10.8. The zero-order chi connectivity index (χ0) is 14.8. The van der Waals surface area contributed by atoms with Gasteiger partial charge in [0.25, 0.3) is 0 Å². The summed E-state index contributed by atoms with van der Waals surface area (Å²) in [5.41, 5.74) is 2.55. The van der Waals surface area contributed by atoms with Crippen LogP contribution in [0, 0.1) is 0 Å². The van der Waals surface area contributed by atoms with E-state index in [4.69, 9.17) is 9.47 Å². The first-order valence-corrected chi connectivity index (χ1v) is 7.60. The third-order valence-corrected chi connectivity index (χ3v) is 4.83. The van der Waals surface area contributed by atoms with Gasteiger partial charge in [-0.2, -0.15) is 0 Å². The van der Waals surface area contributed by atoms with Crippen LogP contribution in [0.15, 0.2) is 24.3 Å². The summed E-state index contributed by atoms with van der Waals surface area (Å²) < 4.78 is 10.7. The van der Waals surface area contributed by atoms with Gasteiger partial charge < -0.3 is 14.4 Å². The number of fused-ring (bicyclic) bond motifs is 1. The summed E-state index contributed by atoms with van der Waals surface area (Å²) in [6, 6.07) is 8.00. The zero-order valence-electron chi connectivity index (χ0n) is 12.1. The number of carbonyl (C=O) groups excluding carboxylic acids is 1. The van der Waals surface area contributed by atoms with Crippen LogP contribution >= 0.6 is 11.3 Å². The van der Waals surface area contributed by atoms with Crippen molar-refractivity contribution < 1.29 is 14.3 Å². The molecule has 0 fully saturated rings. The van der Waals surface area contributed by atoms with Crippen LogP contribution in [0.2, 0.25) is 0 Å². The molecule has 0 spiro atoms. The van der Waals surface area contributed by atoms with Gasteiger partial charge >= 0.3 is 0 Å². The first-order chi connectivity index (χ1) is 10.2. The molecule has 0 unspecified atom stereocenters. The van der Waals surface area contributed by atoms with Gasteiger partial charge in [0.15, 0.2) is 17.8 Å². The highest BCUT2D eigenvalue weighted by Crippen LogP contribution is 2.35. The Morgan fingerprint density at radius 2 is 1.86 bits per heavy atom. The van der Waals surface area contributed by atoms with Crippen LogP contribution in [0.1, 0.15) is 20.8 Å². The lowest BCUT2D eigenvalue weighted by Crippen LogP contribution is -2.29. The molecule has 0 N–H and O–H groups in total. The molecule has 21 heavy (non-hydrogen) atoms. The predicted octanol–water partition coefficient (Wildman–Crippen LogP) is 3.14. The molecule has 0 bridgehead atoms. The molecule has 0 saturated carbocycles. The first kappa shape index (κ1) is 13.9. The van der Waals surface area contributed by atoms with E-state index in [1.807, 2.05) is 12.1 Å². The molecule has 3 rings (SSSR count). The SMILES string of the molecule is COc1cc2c(cc1OC)CN(c1ccc(C=O)s1)CC2. The number of rotatable bonds is 4.